The molecule has 0 radical (unpaired) electrons. The minimum atomic E-state index is -1.83. The van der Waals surface area contributed by atoms with Crippen LogP contribution in [-0.2, 0) is 0 Å². The first-order chi connectivity index (χ1) is 11.0. The zero-order chi connectivity index (χ0) is 16.8. The van der Waals surface area contributed by atoms with Crippen LogP contribution < -0.4 is 5.73 Å². The molecule has 2 aromatic rings. The molecular formula is C17H23N3O3. The van der Waals surface area contributed by atoms with Gasteiger partial charge < -0.3 is 20.5 Å². The van der Waals surface area contributed by atoms with Crippen LogP contribution in [0, 0.1) is 12.8 Å². The third-order valence-electron chi connectivity index (χ3n) is 4.02. The maximum atomic E-state index is 8.56. The van der Waals surface area contributed by atoms with Gasteiger partial charge in [-0.15, -0.1) is 0 Å². The van der Waals surface area contributed by atoms with Crippen LogP contribution in [0.4, 0.5) is 4.79 Å². The van der Waals surface area contributed by atoms with Gasteiger partial charge in [0.1, 0.15) is 0 Å². The fourth-order valence-electron chi connectivity index (χ4n) is 2.70. The Labute approximate surface area is 135 Å². The number of aromatic nitrogens is 2. The van der Waals surface area contributed by atoms with E-state index in [1.54, 1.807) is 0 Å². The summed E-state index contributed by atoms with van der Waals surface area (Å²) in [5, 5.41) is 13.9. The molecule has 1 aliphatic carbocycles. The Morgan fingerprint density at radius 1 is 1.35 bits per heavy atom. The van der Waals surface area contributed by atoms with Gasteiger partial charge in [0.2, 0.25) is 0 Å². The Balaban J connectivity index is 0.000000433. The summed E-state index contributed by atoms with van der Waals surface area (Å²) in [5.74, 6) is 1.48. The molecule has 3 rings (SSSR count). The largest absolute Gasteiger partial charge is 0.503 e. The second-order valence-corrected chi connectivity index (χ2v) is 5.86. The SMILES string of the molecule is Cc1ccc(-n2cnc(C3CC3CCCN)c2)cc1.O=C(O)O. The molecule has 2 atom stereocenters. The number of carbonyl (C=O) groups is 1. The summed E-state index contributed by atoms with van der Waals surface area (Å²) in [5.41, 5.74) is 9.27. The lowest BCUT2D eigenvalue weighted by Crippen LogP contribution is -1.98. The number of hydrogen-bond donors (Lipinski definition) is 3. The number of carboxylic acid groups (broad SMARTS) is 2. The van der Waals surface area contributed by atoms with E-state index in [0.29, 0.717) is 5.92 Å². The fraction of sp³-hybridized carbons (Fsp3) is 0.412. The number of imidazole rings is 1. The first-order valence-electron chi connectivity index (χ1n) is 7.74. The Morgan fingerprint density at radius 3 is 2.61 bits per heavy atom. The lowest BCUT2D eigenvalue weighted by atomic mass is 10.1. The third kappa shape index (κ3) is 5.10. The van der Waals surface area contributed by atoms with Gasteiger partial charge in [-0.05, 0) is 50.8 Å². The molecule has 2 unspecified atom stereocenters. The molecule has 124 valence electrons. The van der Waals surface area contributed by atoms with E-state index in [2.05, 4.69) is 46.9 Å². The third-order valence-corrected chi connectivity index (χ3v) is 4.02. The number of nitrogens with two attached hydrogens (primary N) is 1. The topological polar surface area (TPSA) is 101 Å². The maximum absolute atomic E-state index is 8.56. The summed E-state index contributed by atoms with van der Waals surface area (Å²) >= 11 is 0. The van der Waals surface area contributed by atoms with E-state index >= 15 is 0 Å². The molecule has 1 aliphatic rings. The van der Waals surface area contributed by atoms with Gasteiger partial charge in [-0.3, -0.25) is 0 Å². The second-order valence-electron chi connectivity index (χ2n) is 5.86. The van der Waals surface area contributed by atoms with Crippen LogP contribution in [-0.4, -0.2) is 32.5 Å². The Hall–Kier alpha value is -2.34. The van der Waals surface area contributed by atoms with Gasteiger partial charge >= 0.3 is 6.16 Å². The van der Waals surface area contributed by atoms with Crippen molar-refractivity contribution in [1.29, 1.82) is 0 Å². The van der Waals surface area contributed by atoms with Crippen molar-refractivity contribution in [1.82, 2.24) is 9.55 Å². The van der Waals surface area contributed by atoms with E-state index in [4.69, 9.17) is 20.7 Å². The molecule has 0 saturated heterocycles. The Kier molecular flexibility index (Phi) is 5.76. The zero-order valence-corrected chi connectivity index (χ0v) is 13.2. The van der Waals surface area contributed by atoms with Crippen molar-refractivity contribution in [3.05, 3.63) is 48.0 Å². The van der Waals surface area contributed by atoms with Crippen LogP contribution >= 0.6 is 0 Å². The molecule has 23 heavy (non-hydrogen) atoms. The van der Waals surface area contributed by atoms with Crippen molar-refractivity contribution >= 4 is 6.16 Å². The molecule has 4 N–H and O–H groups in total. The van der Waals surface area contributed by atoms with Crippen molar-refractivity contribution in [2.45, 2.75) is 32.1 Å². The fourth-order valence-corrected chi connectivity index (χ4v) is 2.70. The molecule has 1 aromatic carbocycles. The predicted molar refractivity (Wildman–Crippen MR) is 88.1 cm³/mol. The summed E-state index contributed by atoms with van der Waals surface area (Å²) in [4.78, 5) is 13.1. The summed E-state index contributed by atoms with van der Waals surface area (Å²) in [6, 6.07) is 8.55. The van der Waals surface area contributed by atoms with Gasteiger partial charge in [-0.1, -0.05) is 17.7 Å². The number of hydrogen-bond acceptors (Lipinski definition) is 3. The highest BCUT2D eigenvalue weighted by Crippen LogP contribution is 2.49. The highest BCUT2D eigenvalue weighted by Gasteiger charge is 2.38. The second kappa shape index (κ2) is 7.78. The van der Waals surface area contributed by atoms with E-state index < -0.39 is 6.16 Å². The van der Waals surface area contributed by atoms with Crippen LogP contribution in [0.3, 0.4) is 0 Å². The quantitative estimate of drug-likeness (QED) is 0.785. The number of rotatable bonds is 5. The van der Waals surface area contributed by atoms with Gasteiger partial charge in [0.25, 0.3) is 0 Å². The Bertz CT molecular complexity index is 633. The molecule has 0 spiro atoms. The average Bonchev–Trinajstić information content (AvgIpc) is 3.11. The molecule has 0 bridgehead atoms. The lowest BCUT2D eigenvalue weighted by molar-refractivity contribution is 0.137. The highest BCUT2D eigenvalue weighted by molar-refractivity contribution is 5.53. The van der Waals surface area contributed by atoms with Crippen molar-refractivity contribution < 1.29 is 15.0 Å². The number of aryl methyl sites for hydroxylation is 1. The van der Waals surface area contributed by atoms with Crippen molar-refractivity contribution in [2.24, 2.45) is 11.7 Å². The molecule has 6 nitrogen and oxygen atoms in total. The monoisotopic (exact) mass is 317 g/mol. The molecule has 1 aromatic heterocycles. The van der Waals surface area contributed by atoms with Crippen LogP contribution in [0.25, 0.3) is 5.69 Å². The minimum absolute atomic E-state index is 0.665. The van der Waals surface area contributed by atoms with Crippen LogP contribution in [0.5, 0.6) is 0 Å². The molecule has 0 amide bonds. The van der Waals surface area contributed by atoms with Gasteiger partial charge in [-0.2, -0.15) is 0 Å². The average molecular weight is 317 g/mol. The molecule has 6 heteroatoms. The van der Waals surface area contributed by atoms with Gasteiger partial charge in [0, 0.05) is 17.8 Å². The molecule has 1 fully saturated rings. The van der Waals surface area contributed by atoms with Gasteiger partial charge in [0.15, 0.2) is 0 Å². The minimum Gasteiger partial charge on any atom is -0.450 e. The van der Waals surface area contributed by atoms with Crippen LogP contribution in [0.2, 0.25) is 0 Å². The maximum Gasteiger partial charge on any atom is 0.503 e. The predicted octanol–water partition coefficient (Wildman–Crippen LogP) is 3.25. The summed E-state index contributed by atoms with van der Waals surface area (Å²) < 4.78 is 2.12. The smallest absolute Gasteiger partial charge is 0.450 e. The zero-order valence-electron chi connectivity index (χ0n) is 13.2. The van der Waals surface area contributed by atoms with E-state index in [0.717, 1.165) is 18.9 Å². The van der Waals surface area contributed by atoms with E-state index in [1.165, 1.54) is 29.8 Å². The van der Waals surface area contributed by atoms with Crippen molar-refractivity contribution in [3.8, 4) is 5.69 Å². The highest BCUT2D eigenvalue weighted by atomic mass is 16.6. The van der Waals surface area contributed by atoms with E-state index in [9.17, 15) is 0 Å². The molecule has 0 aliphatic heterocycles. The van der Waals surface area contributed by atoms with Crippen LogP contribution in [0.15, 0.2) is 36.8 Å². The number of benzene rings is 1. The van der Waals surface area contributed by atoms with Gasteiger partial charge in [-0.25, -0.2) is 9.78 Å². The van der Waals surface area contributed by atoms with Crippen molar-refractivity contribution in [3.63, 3.8) is 0 Å². The van der Waals surface area contributed by atoms with Gasteiger partial charge in [0.05, 0.1) is 12.0 Å². The lowest BCUT2D eigenvalue weighted by Gasteiger charge is -2.01. The molecule has 1 heterocycles. The number of nitrogens with zero attached hydrogens (tertiary/aromatic N) is 2. The van der Waals surface area contributed by atoms with Crippen molar-refractivity contribution in [2.75, 3.05) is 6.54 Å². The first kappa shape index (κ1) is 17.0. The standard InChI is InChI=1S/C16H21N3.CH2O3/c1-12-4-6-14(7-5-12)19-10-16(18-11-19)15-9-13(15)3-2-8-17;2-1(3)4/h4-7,10-11,13,15H,2-3,8-9,17H2,1H3;(H2,2,3,4). The van der Waals surface area contributed by atoms with E-state index in [-0.39, 0.29) is 0 Å². The normalized spacial score (nSPS) is 18.9. The summed E-state index contributed by atoms with van der Waals surface area (Å²) in [7, 11) is 0. The summed E-state index contributed by atoms with van der Waals surface area (Å²) in [6.07, 6.45) is 5.94. The Morgan fingerprint density at radius 2 is 2.00 bits per heavy atom. The summed E-state index contributed by atoms with van der Waals surface area (Å²) in [6.45, 7) is 2.91. The first-order valence-corrected chi connectivity index (χ1v) is 7.74. The molecule has 1 saturated carbocycles. The van der Waals surface area contributed by atoms with E-state index in [1.807, 2.05) is 6.33 Å². The molecular weight excluding hydrogens is 294 g/mol. The van der Waals surface area contributed by atoms with Crippen LogP contribution in [0.1, 0.15) is 36.4 Å².